The van der Waals surface area contributed by atoms with Crippen LogP contribution in [0.2, 0.25) is 0 Å². The van der Waals surface area contributed by atoms with E-state index in [-0.39, 0.29) is 12.1 Å². The van der Waals surface area contributed by atoms with Crippen LogP contribution in [0.1, 0.15) is 27.2 Å². The Morgan fingerprint density at radius 3 is 2.33 bits per heavy atom. The van der Waals surface area contributed by atoms with Crippen molar-refractivity contribution < 1.29 is 19.8 Å². The van der Waals surface area contributed by atoms with Gasteiger partial charge in [-0.05, 0) is 25.0 Å². The predicted molar refractivity (Wildman–Crippen MR) is 66.1 cm³/mol. The van der Waals surface area contributed by atoms with E-state index in [4.69, 9.17) is 10.2 Å². The molecule has 5 nitrogen and oxygen atoms in total. The maximum Gasteiger partial charge on any atom is 0.352 e. The Morgan fingerprint density at radius 1 is 1.17 bits per heavy atom. The van der Waals surface area contributed by atoms with E-state index in [0.29, 0.717) is 16.5 Å². The molecule has 1 aromatic carbocycles. The Kier molecular flexibility index (Phi) is 2.82. The molecule has 0 unspecified atom stereocenters. The number of carboxylic acids is 2. The largest absolute Gasteiger partial charge is 0.481 e. The summed E-state index contributed by atoms with van der Waals surface area (Å²) in [5.41, 5.74) is 2.77. The predicted octanol–water partition coefficient (Wildman–Crippen LogP) is 2.11. The average Bonchev–Trinajstić information content (AvgIpc) is 2.63. The highest BCUT2D eigenvalue weighted by Gasteiger charge is 2.21. The van der Waals surface area contributed by atoms with E-state index in [0.717, 1.165) is 11.1 Å². The van der Waals surface area contributed by atoms with Crippen LogP contribution in [-0.2, 0) is 11.2 Å². The first-order chi connectivity index (χ1) is 8.41. The minimum absolute atomic E-state index is 0.0372. The number of aryl methyl sites for hydroxylation is 2. The van der Waals surface area contributed by atoms with E-state index in [2.05, 4.69) is 4.98 Å². The van der Waals surface area contributed by atoms with E-state index < -0.39 is 11.9 Å². The summed E-state index contributed by atoms with van der Waals surface area (Å²) in [6.07, 6.45) is -0.300. The summed E-state index contributed by atoms with van der Waals surface area (Å²) in [5.74, 6) is -2.18. The summed E-state index contributed by atoms with van der Waals surface area (Å²) < 4.78 is 0. The van der Waals surface area contributed by atoms with Crippen LogP contribution < -0.4 is 0 Å². The lowest BCUT2D eigenvalue weighted by molar-refractivity contribution is -0.136. The van der Waals surface area contributed by atoms with E-state index >= 15 is 0 Å². The smallest absolute Gasteiger partial charge is 0.352 e. The fourth-order valence-electron chi connectivity index (χ4n) is 2.20. The number of aromatic amines is 1. The number of benzene rings is 1. The molecule has 18 heavy (non-hydrogen) atoms. The highest BCUT2D eigenvalue weighted by molar-refractivity contribution is 6.01. The van der Waals surface area contributed by atoms with Crippen LogP contribution in [0.5, 0.6) is 0 Å². The molecule has 2 rings (SSSR count). The van der Waals surface area contributed by atoms with Crippen LogP contribution in [0.15, 0.2) is 12.1 Å². The van der Waals surface area contributed by atoms with Gasteiger partial charge in [-0.1, -0.05) is 12.1 Å². The summed E-state index contributed by atoms with van der Waals surface area (Å²) in [6, 6.07) is 3.74. The minimum atomic E-state index is -1.14. The van der Waals surface area contributed by atoms with Crippen molar-refractivity contribution >= 4 is 22.8 Å². The molecule has 0 fully saturated rings. The Labute approximate surface area is 103 Å². The topological polar surface area (TPSA) is 90.4 Å². The van der Waals surface area contributed by atoms with Gasteiger partial charge in [-0.3, -0.25) is 4.79 Å². The monoisotopic (exact) mass is 247 g/mol. The lowest BCUT2D eigenvalue weighted by Gasteiger charge is -2.02. The molecule has 2 aromatic rings. The third kappa shape index (κ3) is 1.84. The fraction of sp³-hybridized carbons (Fsp3) is 0.231. The third-order valence-electron chi connectivity index (χ3n) is 3.02. The zero-order valence-corrected chi connectivity index (χ0v) is 10.1. The molecular weight excluding hydrogens is 234 g/mol. The molecule has 3 N–H and O–H groups in total. The molecule has 0 aliphatic rings. The van der Waals surface area contributed by atoms with Gasteiger partial charge in [0.2, 0.25) is 0 Å². The van der Waals surface area contributed by atoms with Crippen LogP contribution in [0.4, 0.5) is 0 Å². The first kappa shape index (κ1) is 12.2. The van der Waals surface area contributed by atoms with Crippen molar-refractivity contribution in [3.05, 3.63) is 34.5 Å². The van der Waals surface area contributed by atoms with Crippen molar-refractivity contribution in [1.29, 1.82) is 0 Å². The van der Waals surface area contributed by atoms with Crippen LogP contribution >= 0.6 is 0 Å². The first-order valence-corrected chi connectivity index (χ1v) is 5.47. The average molecular weight is 247 g/mol. The van der Waals surface area contributed by atoms with Gasteiger partial charge in [-0.2, -0.15) is 0 Å². The van der Waals surface area contributed by atoms with Crippen molar-refractivity contribution in [2.45, 2.75) is 20.3 Å². The molecule has 0 radical (unpaired) electrons. The summed E-state index contributed by atoms with van der Waals surface area (Å²) in [7, 11) is 0. The molecular formula is C13H13NO4. The molecule has 94 valence electrons. The van der Waals surface area contributed by atoms with Gasteiger partial charge >= 0.3 is 11.9 Å². The number of hydrogen-bond acceptors (Lipinski definition) is 2. The number of nitrogens with one attached hydrogen (secondary N) is 1. The first-order valence-electron chi connectivity index (χ1n) is 5.47. The Bertz CT molecular complexity index is 655. The molecule has 0 aliphatic carbocycles. The summed E-state index contributed by atoms with van der Waals surface area (Å²) in [6.45, 7) is 3.70. The van der Waals surface area contributed by atoms with Gasteiger partial charge in [0.25, 0.3) is 0 Å². The summed E-state index contributed by atoms with van der Waals surface area (Å²) >= 11 is 0. The lowest BCUT2D eigenvalue weighted by Crippen LogP contribution is -2.06. The molecule has 0 saturated heterocycles. The van der Waals surface area contributed by atoms with Crippen LogP contribution in [0.3, 0.4) is 0 Å². The third-order valence-corrected chi connectivity index (χ3v) is 3.02. The van der Waals surface area contributed by atoms with Crippen molar-refractivity contribution in [3.8, 4) is 0 Å². The van der Waals surface area contributed by atoms with Gasteiger partial charge in [0.15, 0.2) is 0 Å². The van der Waals surface area contributed by atoms with Gasteiger partial charge < -0.3 is 15.2 Å². The number of fused-ring (bicyclic) bond motifs is 1. The maximum atomic E-state index is 11.2. The molecule has 0 saturated carbocycles. The molecule has 0 aliphatic heterocycles. The molecule has 1 aromatic heterocycles. The quantitative estimate of drug-likeness (QED) is 0.774. The maximum absolute atomic E-state index is 11.2. The van der Waals surface area contributed by atoms with Crippen molar-refractivity contribution in [2.24, 2.45) is 0 Å². The van der Waals surface area contributed by atoms with E-state index in [1.54, 1.807) is 0 Å². The molecule has 1 heterocycles. The SMILES string of the molecule is Cc1ccc(C)c2c(CC(=O)O)c(C(=O)O)[nH]c12. The van der Waals surface area contributed by atoms with Gasteiger partial charge in [-0.25, -0.2) is 4.79 Å². The second-order valence-corrected chi connectivity index (χ2v) is 4.30. The van der Waals surface area contributed by atoms with Crippen LogP contribution in [0.25, 0.3) is 10.9 Å². The normalized spacial score (nSPS) is 10.8. The summed E-state index contributed by atoms with van der Waals surface area (Å²) in [4.78, 5) is 24.9. The van der Waals surface area contributed by atoms with Crippen molar-refractivity contribution in [3.63, 3.8) is 0 Å². The van der Waals surface area contributed by atoms with E-state index in [9.17, 15) is 9.59 Å². The van der Waals surface area contributed by atoms with Crippen LogP contribution in [0, 0.1) is 13.8 Å². The molecule has 0 spiro atoms. The zero-order valence-electron chi connectivity index (χ0n) is 10.1. The Hall–Kier alpha value is -2.30. The molecule has 0 amide bonds. The number of hydrogen-bond donors (Lipinski definition) is 3. The zero-order chi connectivity index (χ0) is 13.4. The van der Waals surface area contributed by atoms with Crippen molar-refractivity contribution in [2.75, 3.05) is 0 Å². The molecule has 5 heteroatoms. The van der Waals surface area contributed by atoms with Gasteiger partial charge in [-0.15, -0.1) is 0 Å². The fourth-order valence-corrected chi connectivity index (χ4v) is 2.20. The van der Waals surface area contributed by atoms with Gasteiger partial charge in [0, 0.05) is 16.5 Å². The van der Waals surface area contributed by atoms with E-state index in [1.165, 1.54) is 0 Å². The number of carbonyl (C=O) groups is 2. The number of H-pyrrole nitrogens is 1. The Balaban J connectivity index is 2.85. The minimum Gasteiger partial charge on any atom is -0.481 e. The number of carboxylic acid groups (broad SMARTS) is 2. The number of aliphatic carboxylic acids is 1. The molecule has 0 atom stereocenters. The Morgan fingerprint density at radius 2 is 1.78 bits per heavy atom. The van der Waals surface area contributed by atoms with Gasteiger partial charge in [0.1, 0.15) is 5.69 Å². The second kappa shape index (κ2) is 4.18. The second-order valence-electron chi connectivity index (χ2n) is 4.30. The van der Waals surface area contributed by atoms with Crippen LogP contribution in [-0.4, -0.2) is 27.1 Å². The standard InChI is InChI=1S/C13H13NO4/c1-6-3-4-7(2)11-10(6)8(5-9(15)16)12(14-11)13(17)18/h3-4,14H,5H2,1-2H3,(H,15,16)(H,17,18). The number of aromatic nitrogens is 1. The number of aromatic carboxylic acids is 1. The van der Waals surface area contributed by atoms with E-state index in [1.807, 2.05) is 26.0 Å². The highest BCUT2D eigenvalue weighted by atomic mass is 16.4. The summed E-state index contributed by atoms with van der Waals surface area (Å²) in [5, 5.41) is 18.7. The highest BCUT2D eigenvalue weighted by Crippen LogP contribution is 2.28. The molecule has 0 bridgehead atoms. The number of rotatable bonds is 3. The van der Waals surface area contributed by atoms with Crippen molar-refractivity contribution in [1.82, 2.24) is 4.98 Å². The lowest BCUT2D eigenvalue weighted by atomic mass is 10.0. The van der Waals surface area contributed by atoms with Gasteiger partial charge in [0.05, 0.1) is 6.42 Å².